The Balaban J connectivity index is 2.33. The van der Waals surface area contributed by atoms with Crippen molar-refractivity contribution in [2.45, 2.75) is 6.92 Å². The Morgan fingerprint density at radius 2 is 2.14 bits per heavy atom. The highest BCUT2D eigenvalue weighted by Crippen LogP contribution is 2.27. The Kier molecular flexibility index (Phi) is 4.59. The Morgan fingerprint density at radius 3 is 2.76 bits per heavy atom. The van der Waals surface area contributed by atoms with Crippen LogP contribution in [0.25, 0.3) is 0 Å². The number of amides is 1. The van der Waals surface area contributed by atoms with Gasteiger partial charge in [-0.05, 0) is 52.6 Å². The fraction of sp³-hybridized carbons (Fsp3) is 0.154. The molecule has 1 heterocycles. The molecule has 0 aliphatic rings. The fourth-order valence-electron chi connectivity index (χ4n) is 1.68. The molecular formula is C13H11BrN2O4S. The van der Waals surface area contributed by atoms with Crippen LogP contribution in [0.2, 0.25) is 0 Å². The van der Waals surface area contributed by atoms with Crippen LogP contribution in [0.1, 0.15) is 26.4 Å². The summed E-state index contributed by atoms with van der Waals surface area (Å²) in [5, 5.41) is 11.9. The smallest absolute Gasteiger partial charge is 0.340 e. The molecule has 2 N–H and O–H groups in total. The summed E-state index contributed by atoms with van der Waals surface area (Å²) in [5.74, 6) is -1.03. The third-order valence-corrected chi connectivity index (χ3v) is 4.27. The van der Waals surface area contributed by atoms with Crippen molar-refractivity contribution in [3.63, 3.8) is 0 Å². The average Bonchev–Trinajstić information content (AvgIpc) is 2.80. The van der Waals surface area contributed by atoms with Crippen LogP contribution in [-0.4, -0.2) is 28.5 Å². The molecule has 0 aliphatic heterocycles. The van der Waals surface area contributed by atoms with Gasteiger partial charge in [-0.25, -0.2) is 4.79 Å². The predicted octanol–water partition coefficient (Wildman–Crippen LogP) is 3.17. The first-order valence-electron chi connectivity index (χ1n) is 5.78. The van der Waals surface area contributed by atoms with Gasteiger partial charge in [-0.3, -0.25) is 4.79 Å². The highest BCUT2D eigenvalue weighted by Gasteiger charge is 2.20. The molecule has 0 unspecified atom stereocenters. The third kappa shape index (κ3) is 3.22. The quantitative estimate of drug-likeness (QED) is 0.862. The summed E-state index contributed by atoms with van der Waals surface area (Å²) in [4.78, 5) is 23.5. The van der Waals surface area contributed by atoms with E-state index in [1.165, 1.54) is 7.11 Å². The van der Waals surface area contributed by atoms with E-state index in [-0.39, 0.29) is 10.6 Å². The summed E-state index contributed by atoms with van der Waals surface area (Å²) in [6.45, 7) is 1.58. The van der Waals surface area contributed by atoms with Crippen molar-refractivity contribution < 1.29 is 19.4 Å². The highest BCUT2D eigenvalue weighted by molar-refractivity contribution is 9.10. The van der Waals surface area contributed by atoms with E-state index >= 15 is 0 Å². The maximum Gasteiger partial charge on any atom is 0.340 e. The Labute approximate surface area is 133 Å². The normalized spacial score (nSPS) is 10.2. The van der Waals surface area contributed by atoms with Gasteiger partial charge in [0.1, 0.15) is 16.3 Å². The summed E-state index contributed by atoms with van der Waals surface area (Å²) in [7, 11) is 1.50. The van der Waals surface area contributed by atoms with E-state index in [4.69, 9.17) is 9.84 Å². The number of methoxy groups -OCH3 is 1. The molecule has 0 atom stereocenters. The van der Waals surface area contributed by atoms with E-state index in [1.807, 2.05) is 0 Å². The molecule has 0 bridgehead atoms. The van der Waals surface area contributed by atoms with Crippen LogP contribution in [0.5, 0.6) is 5.75 Å². The number of benzene rings is 1. The van der Waals surface area contributed by atoms with Crippen LogP contribution in [0, 0.1) is 6.92 Å². The number of nitrogens with zero attached hydrogens (tertiary/aromatic N) is 1. The van der Waals surface area contributed by atoms with Crippen molar-refractivity contribution in [3.05, 3.63) is 39.5 Å². The minimum atomic E-state index is -1.12. The van der Waals surface area contributed by atoms with Crippen molar-refractivity contribution in [2.75, 3.05) is 12.4 Å². The van der Waals surface area contributed by atoms with E-state index in [9.17, 15) is 9.59 Å². The zero-order valence-electron chi connectivity index (χ0n) is 11.1. The first-order valence-corrected chi connectivity index (χ1v) is 7.35. The van der Waals surface area contributed by atoms with Crippen molar-refractivity contribution in [1.29, 1.82) is 0 Å². The standard InChI is InChI=1S/C13H11BrN2O4S/c1-6-10(13(18)19)12(21-16-6)15-11(17)8-5-7(20-2)3-4-9(8)14/h3-5H,1-2H3,(H,15,17)(H,18,19). The number of hydrogen-bond acceptors (Lipinski definition) is 5. The van der Waals surface area contributed by atoms with Gasteiger partial charge < -0.3 is 15.2 Å². The molecule has 21 heavy (non-hydrogen) atoms. The van der Waals surface area contributed by atoms with Gasteiger partial charge in [0.2, 0.25) is 0 Å². The third-order valence-electron chi connectivity index (χ3n) is 2.72. The number of carbonyl (C=O) groups is 2. The molecular weight excluding hydrogens is 360 g/mol. The lowest BCUT2D eigenvalue weighted by molar-refractivity contribution is 0.0697. The van der Waals surface area contributed by atoms with Gasteiger partial charge in [-0.2, -0.15) is 4.37 Å². The molecule has 6 nitrogen and oxygen atoms in total. The summed E-state index contributed by atoms with van der Waals surface area (Å²) in [6.07, 6.45) is 0. The lowest BCUT2D eigenvalue weighted by atomic mass is 10.2. The van der Waals surface area contributed by atoms with Crippen molar-refractivity contribution >= 4 is 44.3 Å². The molecule has 2 aromatic rings. The van der Waals surface area contributed by atoms with Crippen LogP contribution in [-0.2, 0) is 0 Å². The van der Waals surface area contributed by atoms with Crippen molar-refractivity contribution in [1.82, 2.24) is 4.37 Å². The lowest BCUT2D eigenvalue weighted by Gasteiger charge is -2.08. The minimum Gasteiger partial charge on any atom is -0.497 e. The van der Waals surface area contributed by atoms with Crippen LogP contribution in [0.3, 0.4) is 0 Å². The van der Waals surface area contributed by atoms with Gasteiger partial charge in [0.25, 0.3) is 5.91 Å². The molecule has 8 heteroatoms. The Bertz CT molecular complexity index is 714. The number of rotatable bonds is 4. The van der Waals surface area contributed by atoms with Gasteiger partial charge >= 0.3 is 5.97 Å². The Morgan fingerprint density at radius 1 is 1.43 bits per heavy atom. The topological polar surface area (TPSA) is 88.5 Å². The van der Waals surface area contributed by atoms with E-state index in [0.29, 0.717) is 21.5 Å². The van der Waals surface area contributed by atoms with E-state index < -0.39 is 11.9 Å². The van der Waals surface area contributed by atoms with E-state index in [1.54, 1.807) is 25.1 Å². The molecule has 2 rings (SSSR count). The molecule has 0 spiro atoms. The molecule has 0 radical (unpaired) electrons. The molecule has 1 amide bonds. The van der Waals surface area contributed by atoms with Crippen molar-refractivity contribution in [2.24, 2.45) is 0 Å². The fourth-order valence-corrected chi connectivity index (χ4v) is 2.89. The Hall–Kier alpha value is -1.93. The SMILES string of the molecule is COc1ccc(Br)c(C(=O)Nc2snc(C)c2C(=O)O)c1. The number of nitrogens with one attached hydrogen (secondary N) is 1. The molecule has 0 saturated heterocycles. The molecule has 1 aromatic heterocycles. The zero-order chi connectivity index (χ0) is 15.6. The van der Waals surface area contributed by atoms with Crippen LogP contribution >= 0.6 is 27.5 Å². The van der Waals surface area contributed by atoms with Crippen LogP contribution in [0.15, 0.2) is 22.7 Å². The average molecular weight is 371 g/mol. The molecule has 0 saturated carbocycles. The number of halogens is 1. The second kappa shape index (κ2) is 6.23. The second-order valence-corrected chi connectivity index (χ2v) is 5.70. The maximum atomic E-state index is 12.3. The monoisotopic (exact) mass is 370 g/mol. The summed E-state index contributed by atoms with van der Waals surface area (Å²) in [5.41, 5.74) is 0.719. The van der Waals surface area contributed by atoms with Gasteiger partial charge in [0.15, 0.2) is 0 Å². The number of anilines is 1. The van der Waals surface area contributed by atoms with Gasteiger partial charge in [-0.15, -0.1) is 0 Å². The summed E-state index contributed by atoms with van der Waals surface area (Å²) < 4.78 is 9.60. The van der Waals surface area contributed by atoms with E-state index in [0.717, 1.165) is 11.5 Å². The lowest BCUT2D eigenvalue weighted by Crippen LogP contribution is -2.14. The van der Waals surface area contributed by atoms with Gasteiger partial charge in [0, 0.05) is 4.47 Å². The number of aromatic carboxylic acids is 1. The van der Waals surface area contributed by atoms with E-state index in [2.05, 4.69) is 25.6 Å². The number of ether oxygens (including phenoxy) is 1. The minimum absolute atomic E-state index is 0.00682. The number of carboxylic acid groups (broad SMARTS) is 1. The predicted molar refractivity (Wildman–Crippen MR) is 82.5 cm³/mol. The number of hydrogen-bond donors (Lipinski definition) is 2. The largest absolute Gasteiger partial charge is 0.497 e. The first-order chi connectivity index (χ1) is 9.93. The molecule has 0 fully saturated rings. The number of aryl methyl sites for hydroxylation is 1. The molecule has 0 aliphatic carbocycles. The number of carbonyl (C=O) groups excluding carboxylic acids is 1. The molecule has 1 aromatic carbocycles. The maximum absolute atomic E-state index is 12.3. The van der Waals surface area contributed by atoms with Crippen LogP contribution < -0.4 is 10.1 Å². The summed E-state index contributed by atoms with van der Waals surface area (Å²) in [6, 6.07) is 4.96. The molecule has 110 valence electrons. The summed E-state index contributed by atoms with van der Waals surface area (Å²) >= 11 is 4.22. The van der Waals surface area contributed by atoms with Crippen LogP contribution in [0.4, 0.5) is 5.00 Å². The number of aromatic nitrogens is 1. The van der Waals surface area contributed by atoms with Gasteiger partial charge in [-0.1, -0.05) is 0 Å². The van der Waals surface area contributed by atoms with Gasteiger partial charge in [0.05, 0.1) is 18.4 Å². The first kappa shape index (κ1) is 15.5. The highest BCUT2D eigenvalue weighted by atomic mass is 79.9. The number of carboxylic acids is 1. The second-order valence-electron chi connectivity index (χ2n) is 4.08. The zero-order valence-corrected chi connectivity index (χ0v) is 13.5. The van der Waals surface area contributed by atoms with Crippen molar-refractivity contribution in [3.8, 4) is 5.75 Å².